The van der Waals surface area contributed by atoms with Gasteiger partial charge >= 0.3 is 0 Å². The lowest BCUT2D eigenvalue weighted by Crippen LogP contribution is -2.15. The molecule has 0 unspecified atom stereocenters. The number of rotatable bonds is 4. The Kier molecular flexibility index (Phi) is 4.17. The van der Waals surface area contributed by atoms with Gasteiger partial charge in [-0.15, -0.1) is 0 Å². The minimum absolute atomic E-state index is 0.734. The Balaban J connectivity index is 2.60. The highest BCUT2D eigenvalue weighted by Crippen LogP contribution is 2.04. The van der Waals surface area contributed by atoms with Crippen LogP contribution < -0.4 is 5.73 Å². The van der Waals surface area contributed by atoms with Gasteiger partial charge in [0.25, 0.3) is 0 Å². The van der Waals surface area contributed by atoms with E-state index in [1.54, 1.807) is 0 Å². The summed E-state index contributed by atoms with van der Waals surface area (Å²) in [5, 5.41) is 0. The van der Waals surface area contributed by atoms with E-state index >= 15 is 0 Å². The molecule has 0 aliphatic rings. The number of aliphatic imine (C=N–C) groups is 1. The van der Waals surface area contributed by atoms with Gasteiger partial charge in [-0.2, -0.15) is 0 Å². The lowest BCUT2D eigenvalue weighted by molar-refractivity contribution is 0.924. The zero-order chi connectivity index (χ0) is 10.4. The topological polar surface area (TPSA) is 38.4 Å². The van der Waals surface area contributed by atoms with Crippen LogP contribution in [0.1, 0.15) is 24.5 Å². The molecule has 1 aromatic carbocycles. The fraction of sp³-hybridized carbons (Fsp3) is 0.417. The van der Waals surface area contributed by atoms with E-state index in [-0.39, 0.29) is 0 Å². The highest BCUT2D eigenvalue weighted by atomic mass is 14.8. The summed E-state index contributed by atoms with van der Waals surface area (Å²) in [6.45, 7) is 5.02. The van der Waals surface area contributed by atoms with Crippen molar-refractivity contribution >= 4 is 5.84 Å². The van der Waals surface area contributed by atoms with Gasteiger partial charge in [0.2, 0.25) is 0 Å². The molecule has 0 saturated heterocycles. The van der Waals surface area contributed by atoms with Gasteiger partial charge in [0, 0.05) is 13.0 Å². The van der Waals surface area contributed by atoms with Crippen molar-refractivity contribution in [2.24, 2.45) is 10.7 Å². The van der Waals surface area contributed by atoms with Gasteiger partial charge in [-0.3, -0.25) is 4.99 Å². The van der Waals surface area contributed by atoms with Crippen molar-refractivity contribution in [1.29, 1.82) is 0 Å². The second-order valence-corrected chi connectivity index (χ2v) is 3.54. The normalized spacial score (nSPS) is 11.7. The van der Waals surface area contributed by atoms with Crippen molar-refractivity contribution in [3.05, 3.63) is 35.4 Å². The van der Waals surface area contributed by atoms with Gasteiger partial charge < -0.3 is 5.73 Å². The number of hydrogen-bond acceptors (Lipinski definition) is 1. The first-order chi connectivity index (χ1) is 6.72. The van der Waals surface area contributed by atoms with E-state index < -0.39 is 0 Å². The Labute approximate surface area is 85.9 Å². The zero-order valence-corrected chi connectivity index (χ0v) is 8.96. The molecule has 0 saturated carbocycles. The largest absolute Gasteiger partial charge is 0.387 e. The Morgan fingerprint density at radius 3 is 2.86 bits per heavy atom. The molecular formula is C12H18N2. The summed E-state index contributed by atoms with van der Waals surface area (Å²) >= 11 is 0. The minimum Gasteiger partial charge on any atom is -0.387 e. The third kappa shape index (κ3) is 3.60. The molecule has 0 atom stereocenters. The molecule has 0 fully saturated rings. The Hall–Kier alpha value is -1.31. The number of nitrogens with zero attached hydrogens (tertiary/aromatic N) is 1. The predicted octanol–water partition coefficient (Wildman–Crippen LogP) is 2.30. The molecule has 14 heavy (non-hydrogen) atoms. The first kappa shape index (κ1) is 10.8. The van der Waals surface area contributed by atoms with Crippen molar-refractivity contribution in [1.82, 2.24) is 0 Å². The zero-order valence-electron chi connectivity index (χ0n) is 8.96. The summed E-state index contributed by atoms with van der Waals surface area (Å²) in [6, 6.07) is 8.37. The van der Waals surface area contributed by atoms with Crippen LogP contribution in [-0.4, -0.2) is 12.4 Å². The molecule has 1 rings (SSSR count). The van der Waals surface area contributed by atoms with Crippen molar-refractivity contribution in [3.8, 4) is 0 Å². The van der Waals surface area contributed by atoms with Crippen LogP contribution in [0.25, 0.3) is 0 Å². The van der Waals surface area contributed by atoms with Crippen molar-refractivity contribution < 1.29 is 0 Å². The predicted molar refractivity (Wildman–Crippen MR) is 61.7 cm³/mol. The van der Waals surface area contributed by atoms with Gasteiger partial charge in [0.05, 0.1) is 5.84 Å². The molecule has 76 valence electrons. The maximum Gasteiger partial charge on any atom is 0.0981 e. The van der Waals surface area contributed by atoms with Crippen molar-refractivity contribution in [2.75, 3.05) is 6.54 Å². The molecule has 2 nitrogen and oxygen atoms in total. The fourth-order valence-corrected chi connectivity index (χ4v) is 1.34. The van der Waals surface area contributed by atoms with E-state index in [1.165, 1.54) is 11.1 Å². The first-order valence-corrected chi connectivity index (χ1v) is 5.06. The number of benzene rings is 1. The molecule has 0 aliphatic heterocycles. The van der Waals surface area contributed by atoms with Crippen LogP contribution in [0.5, 0.6) is 0 Å². The summed E-state index contributed by atoms with van der Waals surface area (Å²) in [7, 11) is 0. The van der Waals surface area contributed by atoms with Gasteiger partial charge in [-0.05, 0) is 18.9 Å². The van der Waals surface area contributed by atoms with E-state index in [2.05, 4.69) is 43.1 Å². The summed E-state index contributed by atoms with van der Waals surface area (Å²) < 4.78 is 0. The van der Waals surface area contributed by atoms with Crippen LogP contribution in [-0.2, 0) is 6.42 Å². The van der Waals surface area contributed by atoms with Gasteiger partial charge in [-0.1, -0.05) is 36.8 Å². The highest BCUT2D eigenvalue weighted by molar-refractivity contribution is 5.82. The number of nitrogens with two attached hydrogens (primary N) is 1. The summed E-state index contributed by atoms with van der Waals surface area (Å²) in [6.07, 6.45) is 1.82. The molecule has 2 N–H and O–H groups in total. The molecule has 0 amide bonds. The summed E-state index contributed by atoms with van der Waals surface area (Å²) in [4.78, 5) is 4.26. The highest BCUT2D eigenvalue weighted by Gasteiger charge is 1.96. The smallest absolute Gasteiger partial charge is 0.0981 e. The molecule has 0 spiro atoms. The van der Waals surface area contributed by atoms with E-state index in [0.717, 1.165) is 25.2 Å². The van der Waals surface area contributed by atoms with Crippen LogP contribution in [0.4, 0.5) is 0 Å². The molecule has 0 heterocycles. The van der Waals surface area contributed by atoms with Crippen LogP contribution in [0, 0.1) is 6.92 Å². The summed E-state index contributed by atoms with van der Waals surface area (Å²) in [5.41, 5.74) is 8.30. The Morgan fingerprint density at radius 2 is 2.21 bits per heavy atom. The fourth-order valence-electron chi connectivity index (χ4n) is 1.34. The molecule has 0 aromatic heterocycles. The molecule has 0 aliphatic carbocycles. The molecule has 0 bridgehead atoms. The lowest BCUT2D eigenvalue weighted by Gasteiger charge is -2.02. The van der Waals surface area contributed by atoms with Crippen molar-refractivity contribution in [3.63, 3.8) is 0 Å². The van der Waals surface area contributed by atoms with Crippen LogP contribution in [0.2, 0.25) is 0 Å². The van der Waals surface area contributed by atoms with E-state index in [9.17, 15) is 0 Å². The Bertz CT molecular complexity index is 316. The van der Waals surface area contributed by atoms with E-state index in [4.69, 9.17) is 5.73 Å². The molecule has 2 heteroatoms. The maximum atomic E-state index is 5.79. The van der Waals surface area contributed by atoms with E-state index in [0.29, 0.717) is 0 Å². The van der Waals surface area contributed by atoms with Gasteiger partial charge in [0.1, 0.15) is 0 Å². The van der Waals surface area contributed by atoms with Crippen LogP contribution >= 0.6 is 0 Å². The maximum absolute atomic E-state index is 5.79. The third-order valence-electron chi connectivity index (χ3n) is 2.01. The second kappa shape index (κ2) is 5.43. The SMILES string of the molecule is CCCN=C(N)Cc1cccc(C)c1. The monoisotopic (exact) mass is 190 g/mol. The number of hydrogen-bond donors (Lipinski definition) is 1. The quantitative estimate of drug-likeness (QED) is 0.574. The minimum atomic E-state index is 0.734. The second-order valence-electron chi connectivity index (χ2n) is 3.54. The first-order valence-electron chi connectivity index (χ1n) is 5.06. The number of amidine groups is 1. The average molecular weight is 190 g/mol. The standard InChI is InChI=1S/C12H18N2/c1-3-7-14-12(13)9-11-6-4-5-10(2)8-11/h4-6,8H,3,7,9H2,1-2H3,(H2,13,14). The third-order valence-corrected chi connectivity index (χ3v) is 2.01. The van der Waals surface area contributed by atoms with Crippen molar-refractivity contribution in [2.45, 2.75) is 26.7 Å². The van der Waals surface area contributed by atoms with Gasteiger partial charge in [0.15, 0.2) is 0 Å². The number of aryl methyl sites for hydroxylation is 1. The summed E-state index contributed by atoms with van der Waals surface area (Å²) in [5.74, 6) is 0.734. The Morgan fingerprint density at radius 1 is 1.43 bits per heavy atom. The lowest BCUT2D eigenvalue weighted by atomic mass is 10.1. The molecular weight excluding hydrogens is 172 g/mol. The van der Waals surface area contributed by atoms with Crippen LogP contribution in [0.15, 0.2) is 29.3 Å². The average Bonchev–Trinajstić information content (AvgIpc) is 2.15. The molecule has 1 aromatic rings. The van der Waals surface area contributed by atoms with Gasteiger partial charge in [-0.25, -0.2) is 0 Å². The molecule has 0 radical (unpaired) electrons. The van der Waals surface area contributed by atoms with Crippen LogP contribution in [0.3, 0.4) is 0 Å². The van der Waals surface area contributed by atoms with E-state index in [1.807, 2.05) is 0 Å².